The number of thioether (sulfide) groups is 1. The van der Waals surface area contributed by atoms with Crippen LogP contribution in [0.1, 0.15) is 25.0 Å². The summed E-state index contributed by atoms with van der Waals surface area (Å²) >= 11 is 1.55. The number of anilines is 1. The Morgan fingerprint density at radius 2 is 1.69 bits per heavy atom. The van der Waals surface area contributed by atoms with Crippen molar-refractivity contribution in [3.63, 3.8) is 0 Å². The van der Waals surface area contributed by atoms with E-state index < -0.39 is 22.4 Å². The van der Waals surface area contributed by atoms with Gasteiger partial charge >= 0.3 is 10.3 Å². The lowest BCUT2D eigenvalue weighted by molar-refractivity contribution is -0.128. The molecule has 0 fully saturated rings. The molecule has 2 aromatic carbocycles. The highest BCUT2D eigenvalue weighted by atomic mass is 32.2. The summed E-state index contributed by atoms with van der Waals surface area (Å²) in [5, 5.41) is 6.56. The zero-order valence-electron chi connectivity index (χ0n) is 20.1. The Labute approximate surface area is 215 Å². The molecule has 11 heteroatoms. The molecule has 0 aromatic heterocycles. The maximum absolute atomic E-state index is 13.4. The molecule has 0 saturated carbocycles. The lowest BCUT2D eigenvalue weighted by atomic mass is 10.0. The van der Waals surface area contributed by atoms with E-state index in [0.717, 1.165) is 27.5 Å². The van der Waals surface area contributed by atoms with Crippen molar-refractivity contribution in [2.75, 3.05) is 10.5 Å². The van der Waals surface area contributed by atoms with E-state index in [1.165, 1.54) is 19.1 Å². The van der Waals surface area contributed by atoms with E-state index in [0.29, 0.717) is 12.8 Å². The van der Waals surface area contributed by atoms with Crippen LogP contribution in [0, 0.1) is 0 Å². The summed E-state index contributed by atoms with van der Waals surface area (Å²) in [6.07, 6.45) is 0.730. The van der Waals surface area contributed by atoms with Gasteiger partial charge in [-0.15, -0.1) is 11.8 Å². The summed E-state index contributed by atoms with van der Waals surface area (Å²) in [6.45, 7) is 7.28. The van der Waals surface area contributed by atoms with Gasteiger partial charge in [0.15, 0.2) is 0 Å². The highest BCUT2D eigenvalue weighted by molar-refractivity contribution is 8.14. The molecule has 0 saturated heterocycles. The van der Waals surface area contributed by atoms with Gasteiger partial charge in [-0.05, 0) is 36.6 Å². The summed E-state index contributed by atoms with van der Waals surface area (Å²) in [6, 6.07) is 14.6. The molecule has 1 aliphatic rings. The van der Waals surface area contributed by atoms with Crippen LogP contribution in [0.2, 0.25) is 0 Å². The molecule has 192 valence electrons. The van der Waals surface area contributed by atoms with E-state index in [-0.39, 0.29) is 23.5 Å². The third kappa shape index (κ3) is 8.51. The molecule has 9 nitrogen and oxygen atoms in total. The van der Waals surface area contributed by atoms with Gasteiger partial charge in [0, 0.05) is 19.1 Å². The highest BCUT2D eigenvalue weighted by Gasteiger charge is 2.29. The number of hydrogen-bond acceptors (Lipinski definition) is 6. The fourth-order valence-corrected chi connectivity index (χ4v) is 5.37. The Morgan fingerprint density at radius 3 is 2.25 bits per heavy atom. The molecule has 0 radical (unpaired) electrons. The van der Waals surface area contributed by atoms with Gasteiger partial charge in [-0.2, -0.15) is 8.42 Å². The predicted octanol–water partition coefficient (Wildman–Crippen LogP) is 2.77. The number of carbonyl (C=O) groups excluding carboxylic acids is 2. The van der Waals surface area contributed by atoms with Crippen LogP contribution in [0.15, 0.2) is 71.7 Å². The van der Waals surface area contributed by atoms with Crippen molar-refractivity contribution in [2.45, 2.75) is 44.8 Å². The minimum absolute atomic E-state index is 0.0406. The third-order valence-corrected chi connectivity index (χ3v) is 7.13. The molecule has 1 heterocycles. The molecule has 0 spiro atoms. The lowest BCUT2D eigenvalue weighted by Gasteiger charge is -2.23. The smallest absolute Gasteiger partial charge is 0.345 e. The number of benzene rings is 2. The van der Waals surface area contributed by atoms with Gasteiger partial charge in [0.2, 0.25) is 11.8 Å². The second kappa shape index (κ2) is 12.2. The summed E-state index contributed by atoms with van der Waals surface area (Å²) in [4.78, 5) is 30.0. The van der Waals surface area contributed by atoms with Crippen LogP contribution in [0.5, 0.6) is 0 Å². The van der Waals surface area contributed by atoms with E-state index in [2.05, 4.69) is 17.2 Å². The maximum Gasteiger partial charge on any atom is 0.357 e. The van der Waals surface area contributed by atoms with E-state index in [1.54, 1.807) is 23.9 Å². The molecule has 1 aliphatic heterocycles. The minimum atomic E-state index is -4.37. The van der Waals surface area contributed by atoms with Crippen LogP contribution in [0.25, 0.3) is 0 Å². The number of aliphatic imine (C=N–C) groups is 1. The van der Waals surface area contributed by atoms with Crippen LogP contribution in [0.3, 0.4) is 0 Å². The Morgan fingerprint density at radius 1 is 1.06 bits per heavy atom. The number of carbonyl (C=O) groups is 2. The summed E-state index contributed by atoms with van der Waals surface area (Å²) < 4.78 is 33.1. The standard InChI is InChI=1S/C25H30N4O5S2/c1-16(2)23-15-35-25(28-23)22(14-19-9-11-20(12-10-19)29-36(32,33)34)27-24(31)21(26-17(3)30)13-18-7-5-4-6-8-18/h4-12,21-23,29H,1,13-15H2,2-3H3,(H,26,30)(H,27,31)(H,32,33,34)/t21-,22-,23?/m0/s1. The van der Waals surface area contributed by atoms with Gasteiger partial charge in [-0.25, -0.2) is 0 Å². The van der Waals surface area contributed by atoms with Crippen molar-refractivity contribution in [2.24, 2.45) is 4.99 Å². The van der Waals surface area contributed by atoms with E-state index >= 15 is 0 Å². The maximum atomic E-state index is 13.4. The van der Waals surface area contributed by atoms with Crippen LogP contribution in [-0.4, -0.2) is 53.7 Å². The number of nitrogens with zero attached hydrogens (tertiary/aromatic N) is 1. The third-order valence-electron chi connectivity index (χ3n) is 5.47. The van der Waals surface area contributed by atoms with Gasteiger partial charge < -0.3 is 10.6 Å². The van der Waals surface area contributed by atoms with Crippen LogP contribution < -0.4 is 15.4 Å². The number of rotatable bonds is 11. The van der Waals surface area contributed by atoms with E-state index in [9.17, 15) is 18.0 Å². The predicted molar refractivity (Wildman–Crippen MR) is 143 cm³/mol. The first-order valence-electron chi connectivity index (χ1n) is 11.3. The normalized spacial score (nSPS) is 17.0. The molecule has 3 atom stereocenters. The molecule has 4 N–H and O–H groups in total. The SMILES string of the molecule is C=C(C)C1CSC([C@H](Cc2ccc(NS(=O)(=O)O)cc2)NC(=O)[C@H](Cc2ccccc2)NC(C)=O)=N1. The van der Waals surface area contributed by atoms with Crippen molar-refractivity contribution in [3.8, 4) is 0 Å². The molecule has 2 aromatic rings. The van der Waals surface area contributed by atoms with Crippen molar-refractivity contribution < 1.29 is 22.6 Å². The topological polar surface area (TPSA) is 137 Å². The summed E-state index contributed by atoms with van der Waals surface area (Å²) in [7, 11) is -4.37. The molecule has 3 rings (SSSR count). The second-order valence-electron chi connectivity index (χ2n) is 8.62. The zero-order valence-corrected chi connectivity index (χ0v) is 21.7. The van der Waals surface area contributed by atoms with Gasteiger partial charge in [0.05, 0.1) is 22.8 Å². The molecular formula is C25H30N4O5S2. The number of amides is 2. The molecule has 2 amide bonds. The number of hydrogen-bond donors (Lipinski definition) is 4. The van der Waals surface area contributed by atoms with Crippen LogP contribution >= 0.6 is 11.8 Å². The summed E-state index contributed by atoms with van der Waals surface area (Å²) in [5.74, 6) is 0.0956. The fraction of sp³-hybridized carbons (Fsp3) is 0.320. The Balaban J connectivity index is 1.82. The molecule has 36 heavy (non-hydrogen) atoms. The highest BCUT2D eigenvalue weighted by Crippen LogP contribution is 2.26. The molecular weight excluding hydrogens is 500 g/mol. The minimum Gasteiger partial charge on any atom is -0.345 e. The van der Waals surface area contributed by atoms with E-state index in [4.69, 9.17) is 9.55 Å². The average molecular weight is 531 g/mol. The second-order valence-corrected chi connectivity index (χ2v) is 10.8. The van der Waals surface area contributed by atoms with Crippen molar-refractivity contribution in [1.82, 2.24) is 10.6 Å². The first kappa shape index (κ1) is 27.4. The number of nitrogens with one attached hydrogen (secondary N) is 3. The molecule has 0 bridgehead atoms. The summed E-state index contributed by atoms with van der Waals surface area (Å²) in [5.41, 5.74) is 2.89. The van der Waals surface area contributed by atoms with Gasteiger partial charge in [0.1, 0.15) is 6.04 Å². The fourth-order valence-electron chi connectivity index (χ4n) is 3.71. The van der Waals surface area contributed by atoms with Gasteiger partial charge in [0.25, 0.3) is 0 Å². The molecule has 1 unspecified atom stereocenters. The monoisotopic (exact) mass is 530 g/mol. The first-order chi connectivity index (χ1) is 17.0. The largest absolute Gasteiger partial charge is 0.357 e. The van der Waals surface area contributed by atoms with Gasteiger partial charge in [-0.1, -0.05) is 54.6 Å². The first-order valence-corrected chi connectivity index (χ1v) is 13.7. The Kier molecular flexibility index (Phi) is 9.30. The lowest BCUT2D eigenvalue weighted by Crippen LogP contribution is -2.52. The average Bonchev–Trinajstić information content (AvgIpc) is 3.29. The van der Waals surface area contributed by atoms with Crippen molar-refractivity contribution in [3.05, 3.63) is 77.9 Å². The van der Waals surface area contributed by atoms with Crippen LogP contribution in [-0.2, 0) is 32.7 Å². The van der Waals surface area contributed by atoms with E-state index in [1.807, 2.05) is 42.0 Å². The van der Waals surface area contributed by atoms with Crippen LogP contribution in [0.4, 0.5) is 5.69 Å². The molecule has 0 aliphatic carbocycles. The quantitative estimate of drug-likeness (QED) is 0.260. The Bertz CT molecular complexity index is 1230. The zero-order chi connectivity index (χ0) is 26.3. The Hall–Kier alpha value is -3.15. The van der Waals surface area contributed by atoms with Crippen molar-refractivity contribution >= 4 is 44.6 Å². The van der Waals surface area contributed by atoms with Gasteiger partial charge in [-0.3, -0.25) is 23.9 Å². The van der Waals surface area contributed by atoms with Crippen molar-refractivity contribution in [1.29, 1.82) is 0 Å².